The molecule has 1 aromatic rings. The first-order chi connectivity index (χ1) is 11.8. The Labute approximate surface area is 168 Å². The van der Waals surface area contributed by atoms with Crippen molar-refractivity contribution in [2.75, 3.05) is 13.7 Å². The third-order valence-corrected chi connectivity index (χ3v) is 4.78. The Morgan fingerprint density at radius 3 is 2.92 bits per heavy atom. The maximum absolute atomic E-state index is 5.89. The number of rotatable bonds is 7. The van der Waals surface area contributed by atoms with Crippen LogP contribution in [-0.2, 0) is 11.3 Å². The van der Waals surface area contributed by atoms with Gasteiger partial charge in [-0.25, -0.2) is 0 Å². The summed E-state index contributed by atoms with van der Waals surface area (Å²) in [4.78, 5) is 4.34. The van der Waals surface area contributed by atoms with E-state index >= 15 is 0 Å². The quantitative estimate of drug-likeness (QED) is 0.284. The van der Waals surface area contributed by atoms with Gasteiger partial charge in [-0.3, -0.25) is 4.99 Å². The summed E-state index contributed by atoms with van der Waals surface area (Å²) in [7, 11) is 1.81. The van der Waals surface area contributed by atoms with Crippen molar-refractivity contribution >= 4 is 29.9 Å². The number of nitrogens with zero attached hydrogens (tertiary/aromatic N) is 1. The van der Waals surface area contributed by atoms with E-state index in [2.05, 4.69) is 34.7 Å². The predicted octanol–water partition coefficient (Wildman–Crippen LogP) is 3.47. The fourth-order valence-electron chi connectivity index (χ4n) is 3.43. The molecule has 2 saturated heterocycles. The van der Waals surface area contributed by atoms with Gasteiger partial charge in [0.2, 0.25) is 0 Å². The number of unbranched alkanes of at least 4 members (excludes halogenated alkanes) is 1. The summed E-state index contributed by atoms with van der Waals surface area (Å²) >= 11 is 0. The average Bonchev–Trinajstić information content (AvgIpc) is 3.22. The van der Waals surface area contributed by atoms with Crippen LogP contribution in [-0.4, -0.2) is 37.9 Å². The molecule has 0 spiro atoms. The highest BCUT2D eigenvalue weighted by molar-refractivity contribution is 14.0. The molecule has 0 aromatic heterocycles. The largest absolute Gasteiger partial charge is 0.494 e. The molecule has 0 radical (unpaired) electrons. The highest BCUT2D eigenvalue weighted by Gasteiger charge is 2.41. The molecule has 0 amide bonds. The normalized spacial score (nSPS) is 24.7. The maximum Gasteiger partial charge on any atom is 0.191 e. The monoisotopic (exact) mass is 459 g/mol. The standard InChI is InChI=1S/C19H29N3O2.HI/c1-3-4-10-23-15-7-5-6-14(11-15)13-21-19(20-2)22-17-12-16-8-9-18(17)24-16;/h5-7,11,16-18H,3-4,8-10,12-13H2,1-2H3,(H2,20,21,22);1H. The van der Waals surface area contributed by atoms with E-state index in [1.807, 2.05) is 19.2 Å². The minimum Gasteiger partial charge on any atom is -0.494 e. The van der Waals surface area contributed by atoms with Crippen LogP contribution in [0.5, 0.6) is 5.75 Å². The van der Waals surface area contributed by atoms with Gasteiger partial charge in [0.25, 0.3) is 0 Å². The summed E-state index contributed by atoms with van der Waals surface area (Å²) in [6.45, 7) is 3.68. The number of benzene rings is 1. The Hall–Kier alpha value is -1.02. The fourth-order valence-corrected chi connectivity index (χ4v) is 3.43. The van der Waals surface area contributed by atoms with Gasteiger partial charge >= 0.3 is 0 Å². The van der Waals surface area contributed by atoms with Crippen LogP contribution in [0.1, 0.15) is 44.6 Å². The number of fused-ring (bicyclic) bond motifs is 2. The lowest BCUT2D eigenvalue weighted by Gasteiger charge is -2.22. The Kier molecular flexibility index (Phi) is 8.29. The molecule has 2 fully saturated rings. The second-order valence-corrected chi connectivity index (χ2v) is 6.64. The summed E-state index contributed by atoms with van der Waals surface area (Å²) in [5, 5.41) is 6.90. The Balaban J connectivity index is 0.00000225. The van der Waals surface area contributed by atoms with Gasteiger partial charge in [-0.15, -0.1) is 24.0 Å². The van der Waals surface area contributed by atoms with Gasteiger partial charge in [-0.1, -0.05) is 25.5 Å². The molecule has 2 N–H and O–H groups in total. The van der Waals surface area contributed by atoms with Crippen molar-refractivity contribution in [2.45, 2.75) is 63.8 Å². The van der Waals surface area contributed by atoms with E-state index in [0.29, 0.717) is 18.2 Å². The van der Waals surface area contributed by atoms with Crippen molar-refractivity contribution in [2.24, 2.45) is 4.99 Å². The van der Waals surface area contributed by atoms with Gasteiger partial charge in [0.1, 0.15) is 5.75 Å². The first-order valence-corrected chi connectivity index (χ1v) is 9.13. The van der Waals surface area contributed by atoms with Crippen molar-refractivity contribution in [3.8, 4) is 5.75 Å². The molecular formula is C19H30IN3O2. The summed E-state index contributed by atoms with van der Waals surface area (Å²) in [5.74, 6) is 1.78. The lowest BCUT2D eigenvalue weighted by molar-refractivity contribution is 0.0992. The predicted molar refractivity (Wildman–Crippen MR) is 112 cm³/mol. The number of aliphatic imine (C=N–C) groups is 1. The molecule has 5 nitrogen and oxygen atoms in total. The van der Waals surface area contributed by atoms with E-state index in [1.54, 1.807) is 0 Å². The Bertz CT molecular complexity index is 567. The molecule has 1 aromatic carbocycles. The van der Waals surface area contributed by atoms with Crippen LogP contribution in [0.15, 0.2) is 29.3 Å². The first kappa shape index (κ1) is 20.3. The van der Waals surface area contributed by atoms with E-state index in [1.165, 1.54) is 12.0 Å². The van der Waals surface area contributed by atoms with Crippen LogP contribution >= 0.6 is 24.0 Å². The minimum absolute atomic E-state index is 0. The van der Waals surface area contributed by atoms with Gasteiger partial charge in [0, 0.05) is 13.6 Å². The Morgan fingerprint density at radius 2 is 2.24 bits per heavy atom. The third kappa shape index (κ3) is 5.74. The van der Waals surface area contributed by atoms with Crippen LogP contribution in [0, 0.1) is 0 Å². The zero-order valence-corrected chi connectivity index (χ0v) is 17.5. The minimum atomic E-state index is 0. The van der Waals surface area contributed by atoms with E-state index in [9.17, 15) is 0 Å². The van der Waals surface area contributed by atoms with Gasteiger partial charge in [-0.2, -0.15) is 0 Å². The van der Waals surface area contributed by atoms with E-state index in [-0.39, 0.29) is 24.0 Å². The lowest BCUT2D eigenvalue weighted by Crippen LogP contribution is -2.47. The molecule has 2 aliphatic rings. The van der Waals surface area contributed by atoms with Crippen molar-refractivity contribution in [3.05, 3.63) is 29.8 Å². The second-order valence-electron chi connectivity index (χ2n) is 6.64. The zero-order chi connectivity index (χ0) is 16.8. The van der Waals surface area contributed by atoms with Gasteiger partial charge in [0.05, 0.1) is 24.9 Å². The number of ether oxygens (including phenoxy) is 2. The number of nitrogens with one attached hydrogen (secondary N) is 2. The molecule has 6 heteroatoms. The van der Waals surface area contributed by atoms with Crippen molar-refractivity contribution in [1.82, 2.24) is 10.6 Å². The van der Waals surface area contributed by atoms with Crippen LogP contribution in [0.2, 0.25) is 0 Å². The molecular weight excluding hydrogens is 429 g/mol. The van der Waals surface area contributed by atoms with Crippen LogP contribution < -0.4 is 15.4 Å². The van der Waals surface area contributed by atoms with Gasteiger partial charge in [0.15, 0.2) is 5.96 Å². The summed E-state index contributed by atoms with van der Waals surface area (Å²) < 4.78 is 11.7. The van der Waals surface area contributed by atoms with E-state index in [4.69, 9.17) is 9.47 Å². The van der Waals surface area contributed by atoms with Gasteiger partial charge < -0.3 is 20.1 Å². The number of hydrogen-bond donors (Lipinski definition) is 2. The molecule has 25 heavy (non-hydrogen) atoms. The first-order valence-electron chi connectivity index (χ1n) is 9.13. The smallest absolute Gasteiger partial charge is 0.191 e. The number of guanidine groups is 1. The SMILES string of the molecule is CCCCOc1cccc(CNC(=NC)NC2CC3CCC2O3)c1.I. The molecule has 0 saturated carbocycles. The molecule has 2 aliphatic heterocycles. The average molecular weight is 459 g/mol. The summed E-state index contributed by atoms with van der Waals surface area (Å²) in [6, 6.07) is 8.64. The highest BCUT2D eigenvalue weighted by Crippen LogP contribution is 2.34. The molecule has 2 heterocycles. The van der Waals surface area contributed by atoms with E-state index in [0.717, 1.165) is 50.5 Å². The molecule has 0 aliphatic carbocycles. The second kappa shape index (κ2) is 10.2. The summed E-state index contributed by atoms with van der Waals surface area (Å²) in [5.41, 5.74) is 1.19. The fraction of sp³-hybridized carbons (Fsp3) is 0.632. The highest BCUT2D eigenvalue weighted by atomic mass is 127. The molecule has 3 rings (SSSR count). The number of hydrogen-bond acceptors (Lipinski definition) is 3. The maximum atomic E-state index is 5.89. The Morgan fingerprint density at radius 1 is 1.36 bits per heavy atom. The van der Waals surface area contributed by atoms with E-state index < -0.39 is 0 Å². The van der Waals surface area contributed by atoms with Crippen LogP contribution in [0.25, 0.3) is 0 Å². The molecule has 3 unspecified atom stereocenters. The van der Waals surface area contributed by atoms with Crippen molar-refractivity contribution < 1.29 is 9.47 Å². The molecule has 3 atom stereocenters. The molecule has 140 valence electrons. The molecule has 2 bridgehead atoms. The van der Waals surface area contributed by atoms with Crippen molar-refractivity contribution in [1.29, 1.82) is 0 Å². The van der Waals surface area contributed by atoms with Crippen LogP contribution in [0.3, 0.4) is 0 Å². The lowest BCUT2D eigenvalue weighted by atomic mass is 9.96. The van der Waals surface area contributed by atoms with Crippen LogP contribution in [0.4, 0.5) is 0 Å². The van der Waals surface area contributed by atoms with Crippen molar-refractivity contribution in [3.63, 3.8) is 0 Å². The topological polar surface area (TPSA) is 54.9 Å². The van der Waals surface area contributed by atoms with Gasteiger partial charge in [-0.05, 0) is 43.4 Å². The number of halogens is 1. The third-order valence-electron chi connectivity index (χ3n) is 4.78. The summed E-state index contributed by atoms with van der Waals surface area (Å²) in [6.07, 6.45) is 6.49. The zero-order valence-electron chi connectivity index (χ0n) is 15.2.